The van der Waals surface area contributed by atoms with Gasteiger partial charge in [0.2, 0.25) is 0 Å². The van der Waals surface area contributed by atoms with Crippen molar-refractivity contribution in [3.05, 3.63) is 0 Å². The fourth-order valence-corrected chi connectivity index (χ4v) is 3.03. The number of nitrogens with zero attached hydrogens (tertiary/aromatic N) is 1. The minimum Gasteiger partial charge on any atom is -0.381 e. The van der Waals surface area contributed by atoms with Crippen LogP contribution in [0.25, 0.3) is 0 Å². The number of ether oxygens (including phenoxy) is 1. The van der Waals surface area contributed by atoms with Crippen molar-refractivity contribution in [2.45, 2.75) is 58.5 Å². The molecule has 0 aromatic carbocycles. The number of hydrogen-bond acceptors (Lipinski definition) is 3. The van der Waals surface area contributed by atoms with Crippen molar-refractivity contribution in [3.63, 3.8) is 0 Å². The third-order valence-corrected chi connectivity index (χ3v) is 4.76. The summed E-state index contributed by atoms with van der Waals surface area (Å²) >= 11 is 0. The van der Waals surface area contributed by atoms with Crippen LogP contribution in [-0.4, -0.2) is 49.8 Å². The highest BCUT2D eigenvalue weighted by molar-refractivity contribution is 4.93. The Hall–Kier alpha value is -0.120. The van der Waals surface area contributed by atoms with Gasteiger partial charge in [-0.3, -0.25) is 0 Å². The summed E-state index contributed by atoms with van der Waals surface area (Å²) in [5, 5.41) is 3.69. The van der Waals surface area contributed by atoms with Crippen LogP contribution in [0.4, 0.5) is 0 Å². The van der Waals surface area contributed by atoms with E-state index >= 15 is 0 Å². The molecule has 1 aliphatic heterocycles. The number of hydrogen-bond donors (Lipinski definition) is 1. The maximum Gasteiger partial charge on any atom is 0.0547 e. The predicted octanol–water partition coefficient (Wildman–Crippen LogP) is 2.51. The van der Waals surface area contributed by atoms with Gasteiger partial charge in [-0.1, -0.05) is 0 Å². The van der Waals surface area contributed by atoms with E-state index in [1.54, 1.807) is 0 Å². The number of rotatable bonds is 6. The first-order valence-corrected chi connectivity index (χ1v) is 7.84. The first kappa shape index (κ1) is 15.3. The second kappa shape index (κ2) is 5.71. The van der Waals surface area contributed by atoms with Crippen LogP contribution in [0.3, 0.4) is 0 Å². The van der Waals surface area contributed by atoms with E-state index in [9.17, 15) is 0 Å². The van der Waals surface area contributed by atoms with Gasteiger partial charge >= 0.3 is 0 Å². The molecule has 19 heavy (non-hydrogen) atoms. The highest BCUT2D eigenvalue weighted by atomic mass is 16.5. The molecule has 0 spiro atoms. The highest BCUT2D eigenvalue weighted by Crippen LogP contribution is 2.37. The average molecular weight is 268 g/mol. The molecule has 0 aromatic heterocycles. The largest absolute Gasteiger partial charge is 0.381 e. The molecule has 2 unspecified atom stereocenters. The summed E-state index contributed by atoms with van der Waals surface area (Å²) in [6, 6.07) is 0.729. The maximum absolute atomic E-state index is 5.72. The van der Waals surface area contributed by atoms with Gasteiger partial charge in [-0.25, -0.2) is 0 Å². The summed E-state index contributed by atoms with van der Waals surface area (Å²) in [6.45, 7) is 13.2. The lowest BCUT2D eigenvalue weighted by atomic mass is 9.85. The monoisotopic (exact) mass is 268 g/mol. The molecule has 2 atom stereocenters. The van der Waals surface area contributed by atoms with Crippen molar-refractivity contribution >= 4 is 0 Å². The molecule has 1 heterocycles. The lowest BCUT2D eigenvalue weighted by molar-refractivity contribution is 0.0941. The van der Waals surface area contributed by atoms with Gasteiger partial charge in [0.15, 0.2) is 0 Å². The minimum absolute atomic E-state index is 0.191. The summed E-state index contributed by atoms with van der Waals surface area (Å²) in [5.41, 5.74) is 0.501. The Morgan fingerprint density at radius 2 is 2.05 bits per heavy atom. The van der Waals surface area contributed by atoms with Crippen molar-refractivity contribution < 1.29 is 4.74 Å². The van der Waals surface area contributed by atoms with Crippen LogP contribution < -0.4 is 5.32 Å². The highest BCUT2D eigenvalue weighted by Gasteiger charge is 2.39. The van der Waals surface area contributed by atoms with E-state index < -0.39 is 0 Å². The molecule has 0 bridgehead atoms. The third-order valence-electron chi connectivity index (χ3n) is 4.76. The van der Waals surface area contributed by atoms with Crippen LogP contribution >= 0.6 is 0 Å². The SMILES string of the molecule is CC(C1CC1)N(C)CC1(CNC(C)(C)C)CCOC1. The first-order valence-electron chi connectivity index (χ1n) is 7.84. The van der Waals surface area contributed by atoms with Gasteiger partial charge in [0.25, 0.3) is 0 Å². The van der Waals surface area contributed by atoms with Crippen LogP contribution in [-0.2, 0) is 4.74 Å². The van der Waals surface area contributed by atoms with E-state index in [0.717, 1.165) is 38.3 Å². The summed E-state index contributed by atoms with van der Waals surface area (Å²) in [7, 11) is 2.29. The Bertz CT molecular complexity index is 288. The van der Waals surface area contributed by atoms with Gasteiger partial charge in [-0.05, 0) is 59.9 Å². The van der Waals surface area contributed by atoms with Crippen molar-refractivity contribution in [2.75, 3.05) is 33.4 Å². The van der Waals surface area contributed by atoms with E-state index in [1.807, 2.05) is 0 Å². The predicted molar refractivity (Wildman–Crippen MR) is 80.4 cm³/mol. The summed E-state index contributed by atoms with van der Waals surface area (Å²) in [5.74, 6) is 0.944. The molecule has 112 valence electrons. The molecule has 0 aromatic rings. The van der Waals surface area contributed by atoms with E-state index in [4.69, 9.17) is 4.74 Å². The minimum atomic E-state index is 0.191. The summed E-state index contributed by atoms with van der Waals surface area (Å²) in [4.78, 5) is 2.57. The standard InChI is InChI=1S/C16H32N2O/c1-13(14-6-7-14)18(5)11-16(8-9-19-12-16)10-17-15(2,3)4/h13-14,17H,6-12H2,1-5H3. The van der Waals surface area contributed by atoms with E-state index in [-0.39, 0.29) is 5.54 Å². The molecule has 2 rings (SSSR count). The molecule has 1 N–H and O–H groups in total. The van der Waals surface area contributed by atoms with Crippen molar-refractivity contribution in [3.8, 4) is 0 Å². The van der Waals surface area contributed by atoms with Crippen LogP contribution in [0, 0.1) is 11.3 Å². The Labute approximate surface area is 119 Å². The van der Waals surface area contributed by atoms with Gasteiger partial charge in [-0.2, -0.15) is 0 Å². The Morgan fingerprint density at radius 1 is 1.37 bits per heavy atom. The molecule has 3 heteroatoms. The van der Waals surface area contributed by atoms with Crippen LogP contribution in [0.2, 0.25) is 0 Å². The second-order valence-electron chi connectivity index (χ2n) is 7.90. The Kier molecular flexibility index (Phi) is 4.59. The molecular weight excluding hydrogens is 236 g/mol. The van der Waals surface area contributed by atoms with E-state index in [1.165, 1.54) is 19.3 Å². The van der Waals surface area contributed by atoms with Crippen LogP contribution in [0.5, 0.6) is 0 Å². The topological polar surface area (TPSA) is 24.5 Å². The number of nitrogens with one attached hydrogen (secondary N) is 1. The fourth-order valence-electron chi connectivity index (χ4n) is 3.03. The summed E-state index contributed by atoms with van der Waals surface area (Å²) in [6.07, 6.45) is 4.04. The lowest BCUT2D eigenvalue weighted by Crippen LogP contribution is -2.50. The smallest absolute Gasteiger partial charge is 0.0547 e. The first-order chi connectivity index (χ1) is 8.81. The Morgan fingerprint density at radius 3 is 2.53 bits per heavy atom. The molecule has 1 saturated carbocycles. The van der Waals surface area contributed by atoms with Crippen molar-refractivity contribution in [1.82, 2.24) is 10.2 Å². The molecule has 2 aliphatic rings. The zero-order valence-corrected chi connectivity index (χ0v) is 13.5. The molecule has 2 fully saturated rings. The van der Waals surface area contributed by atoms with Crippen LogP contribution in [0.1, 0.15) is 47.0 Å². The molecular formula is C16H32N2O. The van der Waals surface area contributed by atoms with Gasteiger partial charge in [0, 0.05) is 36.7 Å². The zero-order chi connectivity index (χ0) is 14.1. The quantitative estimate of drug-likeness (QED) is 0.801. The molecule has 0 amide bonds. The lowest BCUT2D eigenvalue weighted by Gasteiger charge is -2.37. The average Bonchev–Trinajstić information content (AvgIpc) is 3.07. The molecule has 0 radical (unpaired) electrons. The van der Waals surface area contributed by atoms with Gasteiger partial charge in [0.1, 0.15) is 0 Å². The van der Waals surface area contributed by atoms with Gasteiger partial charge in [0.05, 0.1) is 6.61 Å². The van der Waals surface area contributed by atoms with Crippen LogP contribution in [0.15, 0.2) is 0 Å². The zero-order valence-electron chi connectivity index (χ0n) is 13.5. The molecule has 1 aliphatic carbocycles. The summed E-state index contributed by atoms with van der Waals surface area (Å²) < 4.78 is 5.72. The normalized spacial score (nSPS) is 30.0. The van der Waals surface area contributed by atoms with E-state index in [0.29, 0.717) is 5.41 Å². The molecule has 3 nitrogen and oxygen atoms in total. The van der Waals surface area contributed by atoms with Gasteiger partial charge in [-0.15, -0.1) is 0 Å². The fraction of sp³-hybridized carbons (Fsp3) is 1.00. The third kappa shape index (κ3) is 4.44. The maximum atomic E-state index is 5.72. The second-order valence-corrected chi connectivity index (χ2v) is 7.90. The van der Waals surface area contributed by atoms with Crippen molar-refractivity contribution in [1.29, 1.82) is 0 Å². The molecule has 1 saturated heterocycles. The van der Waals surface area contributed by atoms with E-state index in [2.05, 4.69) is 45.0 Å². The van der Waals surface area contributed by atoms with Gasteiger partial charge < -0.3 is 15.0 Å². The van der Waals surface area contributed by atoms with Crippen molar-refractivity contribution in [2.24, 2.45) is 11.3 Å². The Balaban J connectivity index is 1.90.